The Balaban J connectivity index is 1.34. The molecule has 190 valence electrons. The number of carbonyl (C=O) groups is 2. The summed E-state index contributed by atoms with van der Waals surface area (Å²) >= 11 is 0. The molecule has 36 heavy (non-hydrogen) atoms. The maximum absolute atomic E-state index is 13.6. The molecule has 7 heteroatoms. The molecule has 1 N–H and O–H groups in total. The average molecular weight is 493 g/mol. The molecule has 7 atom stereocenters. The second-order valence-corrected chi connectivity index (χ2v) is 10.3. The van der Waals surface area contributed by atoms with Gasteiger partial charge in [0.15, 0.2) is 0 Å². The number of fused-ring (bicyclic) bond motifs is 2. The first-order valence-electron chi connectivity index (χ1n) is 13.0. The molecule has 3 fully saturated rings. The highest BCUT2D eigenvalue weighted by Gasteiger charge is 2.54. The normalized spacial score (nSPS) is 31.4. The van der Waals surface area contributed by atoms with Crippen LogP contribution in [0.1, 0.15) is 45.2 Å². The SMILES string of the molecule is CCOC(=O)N[C@H]1CC[C@@H]2[C@H](C1)C[C@H]1C(=O)O[C@@H](C)[C@H]1[C@@H]2C=Cc1ccc(-c2cccc(F)c2)cn1. The van der Waals surface area contributed by atoms with E-state index in [4.69, 9.17) is 9.47 Å². The number of hydrogen-bond donors (Lipinski definition) is 1. The summed E-state index contributed by atoms with van der Waals surface area (Å²) in [7, 11) is 0. The molecule has 2 saturated carbocycles. The van der Waals surface area contributed by atoms with Gasteiger partial charge in [-0.2, -0.15) is 0 Å². The minimum absolute atomic E-state index is 0.0679. The second kappa shape index (κ2) is 10.4. The minimum atomic E-state index is -0.368. The Morgan fingerprint density at radius 2 is 2.08 bits per heavy atom. The topological polar surface area (TPSA) is 77.5 Å². The lowest BCUT2D eigenvalue weighted by molar-refractivity contribution is -0.144. The zero-order valence-electron chi connectivity index (χ0n) is 20.7. The Hall–Kier alpha value is -3.22. The molecular weight excluding hydrogens is 459 g/mol. The fourth-order valence-corrected chi connectivity index (χ4v) is 6.64. The van der Waals surface area contributed by atoms with Crippen LogP contribution in [0.3, 0.4) is 0 Å². The highest BCUT2D eigenvalue weighted by molar-refractivity contribution is 5.75. The maximum atomic E-state index is 13.6. The number of esters is 1. The van der Waals surface area contributed by atoms with Gasteiger partial charge in [0.2, 0.25) is 0 Å². The van der Waals surface area contributed by atoms with E-state index in [0.29, 0.717) is 18.4 Å². The number of aromatic nitrogens is 1. The summed E-state index contributed by atoms with van der Waals surface area (Å²) in [6.45, 7) is 4.15. The largest absolute Gasteiger partial charge is 0.462 e. The fraction of sp³-hybridized carbons (Fsp3) is 0.483. The van der Waals surface area contributed by atoms with Crippen LogP contribution in [0.2, 0.25) is 0 Å². The number of allylic oxidation sites excluding steroid dienone is 1. The Labute approximate surface area is 211 Å². The fourth-order valence-electron chi connectivity index (χ4n) is 6.64. The number of alkyl carbamates (subject to hydrolysis) is 1. The molecule has 1 aliphatic heterocycles. The van der Waals surface area contributed by atoms with Crippen LogP contribution >= 0.6 is 0 Å². The van der Waals surface area contributed by atoms with Crippen molar-refractivity contribution in [2.45, 2.75) is 51.7 Å². The minimum Gasteiger partial charge on any atom is -0.462 e. The zero-order chi connectivity index (χ0) is 25.2. The predicted octanol–water partition coefficient (Wildman–Crippen LogP) is 5.63. The summed E-state index contributed by atoms with van der Waals surface area (Å²) in [6, 6.07) is 10.4. The van der Waals surface area contributed by atoms with Gasteiger partial charge in [0, 0.05) is 23.7 Å². The first-order valence-corrected chi connectivity index (χ1v) is 13.0. The molecule has 5 rings (SSSR count). The van der Waals surface area contributed by atoms with Gasteiger partial charge in [-0.1, -0.05) is 24.3 Å². The van der Waals surface area contributed by atoms with Gasteiger partial charge >= 0.3 is 12.1 Å². The van der Waals surface area contributed by atoms with Crippen LogP contribution in [0.5, 0.6) is 0 Å². The first kappa shape index (κ1) is 24.5. The highest BCUT2D eigenvalue weighted by Crippen LogP contribution is 2.53. The number of halogens is 1. The van der Waals surface area contributed by atoms with Crippen molar-refractivity contribution in [2.75, 3.05) is 6.61 Å². The maximum Gasteiger partial charge on any atom is 0.407 e. The smallest absolute Gasteiger partial charge is 0.407 e. The average Bonchev–Trinajstić information content (AvgIpc) is 3.15. The highest BCUT2D eigenvalue weighted by atomic mass is 19.1. The lowest BCUT2D eigenvalue weighted by Crippen LogP contribution is -2.48. The molecule has 1 amide bonds. The summed E-state index contributed by atoms with van der Waals surface area (Å²) in [5.41, 5.74) is 2.48. The van der Waals surface area contributed by atoms with Gasteiger partial charge in [-0.15, -0.1) is 0 Å². The van der Waals surface area contributed by atoms with Crippen molar-refractivity contribution in [2.24, 2.45) is 29.6 Å². The van der Waals surface area contributed by atoms with Crippen LogP contribution in [0, 0.1) is 35.4 Å². The lowest BCUT2D eigenvalue weighted by atomic mass is 9.57. The van der Waals surface area contributed by atoms with Crippen molar-refractivity contribution in [3.05, 3.63) is 60.2 Å². The number of pyridine rings is 1. The number of ether oxygens (including phenoxy) is 2. The quantitative estimate of drug-likeness (QED) is 0.548. The molecule has 0 bridgehead atoms. The van der Waals surface area contributed by atoms with Crippen LogP contribution in [-0.2, 0) is 14.3 Å². The molecule has 2 aliphatic carbocycles. The summed E-state index contributed by atoms with van der Waals surface area (Å²) in [5.74, 6) is 0.629. The zero-order valence-corrected chi connectivity index (χ0v) is 20.7. The summed E-state index contributed by atoms with van der Waals surface area (Å²) in [4.78, 5) is 29.2. The van der Waals surface area contributed by atoms with Crippen LogP contribution in [0.15, 0.2) is 48.7 Å². The molecule has 2 heterocycles. The van der Waals surface area contributed by atoms with Gasteiger partial charge in [0.25, 0.3) is 0 Å². The van der Waals surface area contributed by atoms with Crippen molar-refractivity contribution >= 4 is 18.1 Å². The summed E-state index contributed by atoms with van der Waals surface area (Å²) in [5, 5.41) is 3.00. The number of hydrogen-bond acceptors (Lipinski definition) is 5. The van der Waals surface area contributed by atoms with E-state index in [9.17, 15) is 14.0 Å². The molecule has 3 aliphatic rings. The number of nitrogens with zero attached hydrogens (tertiary/aromatic N) is 1. The van der Waals surface area contributed by atoms with Gasteiger partial charge in [-0.3, -0.25) is 9.78 Å². The Morgan fingerprint density at radius 1 is 1.22 bits per heavy atom. The number of amides is 1. The first-order chi connectivity index (χ1) is 17.4. The molecule has 6 nitrogen and oxygen atoms in total. The van der Waals surface area contributed by atoms with Crippen molar-refractivity contribution in [3.8, 4) is 11.1 Å². The molecule has 0 spiro atoms. The van der Waals surface area contributed by atoms with E-state index in [1.165, 1.54) is 12.1 Å². The lowest BCUT2D eigenvalue weighted by Gasteiger charge is -2.47. The standard InChI is InChI=1S/C29H33FN2O4/c1-3-35-29(34)32-23-10-11-24-20(14-23)15-26-27(17(2)36-28(26)33)25(24)12-9-22-8-7-19(16-31-22)18-5-4-6-21(30)13-18/h4-9,12-13,16-17,20,23-27H,3,10-11,14-15H2,1-2H3,(H,32,34)/t17-,20+,23-,24+,25+,26+,27-/m0/s1. The van der Waals surface area contributed by atoms with Gasteiger partial charge in [0.1, 0.15) is 11.9 Å². The van der Waals surface area contributed by atoms with Crippen molar-refractivity contribution in [1.82, 2.24) is 10.3 Å². The van der Waals surface area contributed by atoms with E-state index < -0.39 is 0 Å². The number of carbonyl (C=O) groups excluding carboxylic acids is 2. The molecule has 0 unspecified atom stereocenters. The Kier molecular flexibility index (Phi) is 7.08. The van der Waals surface area contributed by atoms with Crippen molar-refractivity contribution < 1.29 is 23.5 Å². The Bertz CT molecular complexity index is 1130. The van der Waals surface area contributed by atoms with E-state index in [0.717, 1.165) is 42.5 Å². The summed E-state index contributed by atoms with van der Waals surface area (Å²) < 4.78 is 24.3. The molecule has 1 aromatic heterocycles. The number of rotatable bonds is 5. The van der Waals surface area contributed by atoms with Gasteiger partial charge in [-0.25, -0.2) is 9.18 Å². The molecule has 2 aromatic rings. The molecule has 0 radical (unpaired) electrons. The van der Waals surface area contributed by atoms with Crippen molar-refractivity contribution in [3.63, 3.8) is 0 Å². The van der Waals surface area contributed by atoms with E-state index in [1.807, 2.05) is 31.2 Å². The van der Waals surface area contributed by atoms with E-state index in [-0.39, 0.29) is 47.8 Å². The monoisotopic (exact) mass is 492 g/mol. The third-order valence-electron chi connectivity index (χ3n) is 8.18. The van der Waals surface area contributed by atoms with E-state index in [2.05, 4.69) is 16.4 Å². The molecule has 1 aromatic carbocycles. The van der Waals surface area contributed by atoms with E-state index in [1.54, 1.807) is 19.2 Å². The second-order valence-electron chi connectivity index (χ2n) is 10.3. The van der Waals surface area contributed by atoms with Crippen LogP contribution in [0.25, 0.3) is 17.2 Å². The van der Waals surface area contributed by atoms with Gasteiger partial charge in [-0.05, 0) is 87.1 Å². The van der Waals surface area contributed by atoms with Crippen LogP contribution in [-0.4, -0.2) is 35.8 Å². The molecule has 1 saturated heterocycles. The van der Waals surface area contributed by atoms with Crippen LogP contribution in [0.4, 0.5) is 9.18 Å². The molecular formula is C29H33FN2O4. The number of benzene rings is 1. The number of nitrogens with one attached hydrogen (secondary N) is 1. The van der Waals surface area contributed by atoms with Gasteiger partial charge in [0.05, 0.1) is 18.2 Å². The third-order valence-corrected chi connectivity index (χ3v) is 8.18. The third kappa shape index (κ3) is 5.01. The van der Waals surface area contributed by atoms with Crippen molar-refractivity contribution in [1.29, 1.82) is 0 Å². The van der Waals surface area contributed by atoms with Gasteiger partial charge < -0.3 is 14.8 Å². The Morgan fingerprint density at radius 3 is 2.83 bits per heavy atom. The van der Waals surface area contributed by atoms with E-state index >= 15 is 0 Å². The summed E-state index contributed by atoms with van der Waals surface area (Å²) in [6.07, 6.45) is 9.07. The van der Waals surface area contributed by atoms with Crippen LogP contribution < -0.4 is 5.32 Å². The number of cyclic esters (lactones) is 1. The predicted molar refractivity (Wildman–Crippen MR) is 134 cm³/mol.